The second-order valence-corrected chi connectivity index (χ2v) is 5.29. The maximum Gasteiger partial charge on any atom is 0.119 e. The molecule has 1 aliphatic rings. The van der Waals surface area contributed by atoms with Gasteiger partial charge in [0.1, 0.15) is 5.75 Å². The van der Waals surface area contributed by atoms with E-state index in [9.17, 15) is 0 Å². The van der Waals surface area contributed by atoms with Crippen molar-refractivity contribution in [3.05, 3.63) is 42.5 Å². The maximum atomic E-state index is 5.73. The summed E-state index contributed by atoms with van der Waals surface area (Å²) in [6, 6.07) is 9.23. The number of benzene rings is 1. The lowest BCUT2D eigenvalue weighted by Gasteiger charge is -2.07. The molecule has 2 heteroatoms. The zero-order chi connectivity index (χ0) is 13.3. The van der Waals surface area contributed by atoms with E-state index in [0.29, 0.717) is 0 Å². The summed E-state index contributed by atoms with van der Waals surface area (Å²) < 4.78 is 5.73. The summed E-state index contributed by atoms with van der Waals surface area (Å²) in [7, 11) is 0. The van der Waals surface area contributed by atoms with Crippen LogP contribution in [0, 0.1) is 0 Å². The molecule has 104 valence electrons. The lowest BCUT2D eigenvalue weighted by Crippen LogP contribution is -2.15. The highest BCUT2D eigenvalue weighted by Gasteiger charge is 2.19. The Kier molecular flexibility index (Phi) is 5.96. The van der Waals surface area contributed by atoms with E-state index >= 15 is 0 Å². The van der Waals surface area contributed by atoms with Crippen molar-refractivity contribution in [3.8, 4) is 5.75 Å². The van der Waals surface area contributed by atoms with Crippen LogP contribution in [0.1, 0.15) is 44.1 Å². The van der Waals surface area contributed by atoms with Gasteiger partial charge in [-0.05, 0) is 56.2 Å². The van der Waals surface area contributed by atoms with Gasteiger partial charge in [0.25, 0.3) is 0 Å². The monoisotopic (exact) mass is 259 g/mol. The number of nitrogens with one attached hydrogen (secondary N) is 1. The van der Waals surface area contributed by atoms with Crippen LogP contribution >= 0.6 is 0 Å². The molecular formula is C17H25NO. The third-order valence-electron chi connectivity index (χ3n) is 3.42. The fraction of sp³-hybridized carbons (Fsp3) is 0.529. The summed E-state index contributed by atoms with van der Waals surface area (Å²) in [6.45, 7) is 5.52. The minimum atomic E-state index is 0.770. The predicted octanol–water partition coefficient (Wildman–Crippen LogP) is 4.06. The van der Waals surface area contributed by atoms with Crippen LogP contribution in [0.3, 0.4) is 0 Å². The molecule has 19 heavy (non-hydrogen) atoms. The Labute approximate surface area is 116 Å². The normalized spacial score (nSPS) is 14.3. The van der Waals surface area contributed by atoms with E-state index in [1.807, 2.05) is 6.08 Å². The fourth-order valence-corrected chi connectivity index (χ4v) is 2.01. The van der Waals surface area contributed by atoms with E-state index in [1.54, 1.807) is 0 Å². The Hall–Kier alpha value is -1.28. The van der Waals surface area contributed by atoms with Crippen molar-refractivity contribution in [1.82, 2.24) is 5.32 Å². The fourth-order valence-electron chi connectivity index (χ4n) is 2.01. The van der Waals surface area contributed by atoms with Crippen molar-refractivity contribution in [2.45, 2.75) is 51.1 Å². The molecular weight excluding hydrogens is 234 g/mol. The van der Waals surface area contributed by atoms with E-state index in [1.165, 1.54) is 31.2 Å². The first-order valence-electron chi connectivity index (χ1n) is 7.44. The van der Waals surface area contributed by atoms with Crippen LogP contribution in [0.25, 0.3) is 0 Å². The molecule has 1 N–H and O–H groups in total. The molecule has 0 saturated heterocycles. The van der Waals surface area contributed by atoms with Crippen LogP contribution in [0.4, 0.5) is 0 Å². The van der Waals surface area contributed by atoms with Crippen LogP contribution in [0.2, 0.25) is 0 Å². The second kappa shape index (κ2) is 8.00. The quantitative estimate of drug-likeness (QED) is 0.505. The molecule has 2 nitrogen and oxygen atoms in total. The molecule has 0 spiro atoms. The van der Waals surface area contributed by atoms with Crippen molar-refractivity contribution in [3.63, 3.8) is 0 Å². The van der Waals surface area contributed by atoms with Crippen LogP contribution in [-0.2, 0) is 6.54 Å². The SMILES string of the molecule is C=CCCCCCOc1ccc(CNC2CC2)cc1. The van der Waals surface area contributed by atoms with Gasteiger partial charge in [0.15, 0.2) is 0 Å². The summed E-state index contributed by atoms with van der Waals surface area (Å²) in [5, 5.41) is 3.52. The zero-order valence-electron chi connectivity index (χ0n) is 11.7. The molecule has 0 unspecified atom stereocenters. The number of ether oxygens (including phenoxy) is 1. The van der Waals surface area contributed by atoms with Crippen molar-refractivity contribution in [1.29, 1.82) is 0 Å². The molecule has 0 amide bonds. The largest absolute Gasteiger partial charge is 0.494 e. The summed E-state index contributed by atoms with van der Waals surface area (Å²) in [5.74, 6) is 0.985. The Balaban J connectivity index is 1.59. The smallest absolute Gasteiger partial charge is 0.119 e. The van der Waals surface area contributed by atoms with Gasteiger partial charge in [-0.25, -0.2) is 0 Å². The summed E-state index contributed by atoms with van der Waals surface area (Å²) >= 11 is 0. The minimum Gasteiger partial charge on any atom is -0.494 e. The van der Waals surface area contributed by atoms with Crippen LogP contribution in [0.15, 0.2) is 36.9 Å². The van der Waals surface area contributed by atoms with Crippen LogP contribution in [0.5, 0.6) is 5.75 Å². The van der Waals surface area contributed by atoms with Gasteiger partial charge in [-0.1, -0.05) is 18.2 Å². The number of rotatable bonds is 10. The molecule has 0 atom stereocenters. The summed E-state index contributed by atoms with van der Waals surface area (Å²) in [5.41, 5.74) is 1.34. The summed E-state index contributed by atoms with van der Waals surface area (Å²) in [6.07, 6.45) is 9.34. The maximum absolute atomic E-state index is 5.73. The first-order valence-corrected chi connectivity index (χ1v) is 7.44. The standard InChI is InChI=1S/C17H25NO/c1-2-3-4-5-6-13-19-17-11-7-15(8-12-17)14-18-16-9-10-16/h2,7-8,11-12,16,18H,1,3-6,9-10,13-14H2. The molecule has 2 rings (SSSR count). The number of hydrogen-bond acceptors (Lipinski definition) is 2. The molecule has 1 aliphatic carbocycles. The number of hydrogen-bond donors (Lipinski definition) is 1. The topological polar surface area (TPSA) is 21.3 Å². The van der Waals surface area contributed by atoms with Crippen LogP contribution in [-0.4, -0.2) is 12.6 Å². The molecule has 0 radical (unpaired) electrons. The highest BCUT2D eigenvalue weighted by atomic mass is 16.5. The first kappa shape index (κ1) is 14.1. The van der Waals surface area contributed by atoms with Gasteiger partial charge in [0, 0.05) is 12.6 Å². The number of allylic oxidation sites excluding steroid dienone is 1. The molecule has 1 saturated carbocycles. The highest BCUT2D eigenvalue weighted by molar-refractivity contribution is 5.27. The van der Waals surface area contributed by atoms with E-state index in [2.05, 4.69) is 36.2 Å². The van der Waals surface area contributed by atoms with Gasteiger partial charge in [0.2, 0.25) is 0 Å². The Morgan fingerprint density at radius 1 is 1.16 bits per heavy atom. The average molecular weight is 259 g/mol. The van der Waals surface area contributed by atoms with E-state index in [4.69, 9.17) is 4.74 Å². The third kappa shape index (κ3) is 5.93. The van der Waals surface area contributed by atoms with Gasteiger partial charge in [0.05, 0.1) is 6.61 Å². The summed E-state index contributed by atoms with van der Waals surface area (Å²) in [4.78, 5) is 0. The van der Waals surface area contributed by atoms with E-state index in [0.717, 1.165) is 37.8 Å². The van der Waals surface area contributed by atoms with Crippen molar-refractivity contribution in [2.24, 2.45) is 0 Å². The second-order valence-electron chi connectivity index (χ2n) is 5.29. The van der Waals surface area contributed by atoms with Crippen molar-refractivity contribution >= 4 is 0 Å². The Bertz CT molecular complexity index is 367. The molecule has 1 aromatic rings. The van der Waals surface area contributed by atoms with Crippen molar-refractivity contribution in [2.75, 3.05) is 6.61 Å². The molecule has 1 aromatic carbocycles. The predicted molar refractivity (Wildman–Crippen MR) is 80.5 cm³/mol. The average Bonchev–Trinajstić information content (AvgIpc) is 3.26. The lowest BCUT2D eigenvalue weighted by atomic mass is 10.2. The van der Waals surface area contributed by atoms with Gasteiger partial charge in [-0.3, -0.25) is 0 Å². The molecule has 0 aliphatic heterocycles. The third-order valence-corrected chi connectivity index (χ3v) is 3.42. The van der Waals surface area contributed by atoms with Gasteiger partial charge < -0.3 is 10.1 Å². The molecule has 0 heterocycles. The molecule has 1 fully saturated rings. The van der Waals surface area contributed by atoms with E-state index in [-0.39, 0.29) is 0 Å². The molecule has 0 bridgehead atoms. The van der Waals surface area contributed by atoms with Gasteiger partial charge in [-0.2, -0.15) is 0 Å². The first-order chi connectivity index (χ1) is 9.38. The Morgan fingerprint density at radius 2 is 1.95 bits per heavy atom. The van der Waals surface area contributed by atoms with E-state index < -0.39 is 0 Å². The van der Waals surface area contributed by atoms with Crippen LogP contribution < -0.4 is 10.1 Å². The van der Waals surface area contributed by atoms with Gasteiger partial charge in [-0.15, -0.1) is 6.58 Å². The minimum absolute atomic E-state index is 0.770. The Morgan fingerprint density at radius 3 is 2.63 bits per heavy atom. The number of unbranched alkanes of at least 4 members (excludes halogenated alkanes) is 3. The van der Waals surface area contributed by atoms with Crippen molar-refractivity contribution < 1.29 is 4.74 Å². The lowest BCUT2D eigenvalue weighted by molar-refractivity contribution is 0.305. The van der Waals surface area contributed by atoms with Gasteiger partial charge >= 0.3 is 0 Å². The zero-order valence-corrected chi connectivity index (χ0v) is 11.7. The highest BCUT2D eigenvalue weighted by Crippen LogP contribution is 2.20. The molecule has 0 aromatic heterocycles.